The highest BCUT2D eigenvalue weighted by molar-refractivity contribution is 5.35. The Morgan fingerprint density at radius 3 is 2.46 bits per heavy atom. The van der Waals surface area contributed by atoms with Crippen LogP contribution in [0, 0.1) is 13.8 Å². The number of ether oxygens (including phenoxy) is 2. The molecule has 0 heterocycles. The summed E-state index contributed by atoms with van der Waals surface area (Å²) >= 11 is 0. The topological polar surface area (TPSA) is 41.9 Å². The van der Waals surface area contributed by atoms with E-state index in [2.05, 4.69) is 6.07 Å². The fourth-order valence-electron chi connectivity index (χ4n) is 2.78. The van der Waals surface area contributed by atoms with Gasteiger partial charge in [-0.3, -0.25) is 4.90 Å². The third-order valence-corrected chi connectivity index (χ3v) is 4.01. The largest absolute Gasteiger partial charge is 0.491 e. The molecule has 0 radical (unpaired) electrons. The Balaban J connectivity index is 1.76. The average molecular weight is 361 g/mol. The highest BCUT2D eigenvalue weighted by Crippen LogP contribution is 2.19. The predicted octanol–water partition coefficient (Wildman–Crippen LogP) is 3.52. The summed E-state index contributed by atoms with van der Waals surface area (Å²) in [5.41, 5.74) is 3.36. The van der Waals surface area contributed by atoms with Crippen LogP contribution in [0.1, 0.15) is 16.7 Å². The lowest BCUT2D eigenvalue weighted by Gasteiger charge is -2.21. The van der Waals surface area contributed by atoms with Crippen LogP contribution < -0.4 is 9.47 Å². The Hall–Kier alpha value is -2.11. The number of likely N-dealkylation sites (N-methyl/N-ethyl adjacent to an activating group) is 1. The lowest BCUT2D eigenvalue weighted by Crippen LogP contribution is -2.32. The Morgan fingerprint density at radius 2 is 1.81 bits per heavy atom. The van der Waals surface area contributed by atoms with E-state index >= 15 is 0 Å². The highest BCUT2D eigenvalue weighted by atomic mass is 19.1. The molecular weight excluding hydrogens is 333 g/mol. The van der Waals surface area contributed by atoms with Crippen molar-refractivity contribution in [1.29, 1.82) is 0 Å². The van der Waals surface area contributed by atoms with E-state index < -0.39 is 12.8 Å². The SMILES string of the molecule is Cc1ccc(OC[C@@H](O)CN(C)Cc2ccc(OCCF)cc2)c(C)c1. The number of halogens is 1. The zero-order chi connectivity index (χ0) is 18.9. The maximum Gasteiger partial charge on any atom is 0.123 e. The Bertz CT molecular complexity index is 675. The summed E-state index contributed by atoms with van der Waals surface area (Å²) < 4.78 is 23.1. The van der Waals surface area contributed by atoms with Crippen molar-refractivity contribution in [2.75, 3.05) is 33.5 Å². The highest BCUT2D eigenvalue weighted by Gasteiger charge is 2.11. The molecule has 0 aliphatic heterocycles. The quantitative estimate of drug-likeness (QED) is 0.703. The fourth-order valence-corrected chi connectivity index (χ4v) is 2.78. The molecule has 0 saturated carbocycles. The van der Waals surface area contributed by atoms with Crippen molar-refractivity contribution in [3.63, 3.8) is 0 Å². The Labute approximate surface area is 155 Å². The van der Waals surface area contributed by atoms with Crippen molar-refractivity contribution >= 4 is 0 Å². The third-order valence-electron chi connectivity index (χ3n) is 4.01. The molecule has 5 heteroatoms. The molecule has 0 fully saturated rings. The van der Waals surface area contributed by atoms with Crippen molar-refractivity contribution in [2.24, 2.45) is 0 Å². The van der Waals surface area contributed by atoms with Crippen molar-refractivity contribution in [3.8, 4) is 11.5 Å². The van der Waals surface area contributed by atoms with Gasteiger partial charge in [0.15, 0.2) is 0 Å². The lowest BCUT2D eigenvalue weighted by atomic mass is 10.1. The van der Waals surface area contributed by atoms with Crippen LogP contribution >= 0.6 is 0 Å². The maximum absolute atomic E-state index is 12.1. The van der Waals surface area contributed by atoms with Gasteiger partial charge in [0.05, 0.1) is 0 Å². The molecule has 1 atom stereocenters. The first kappa shape index (κ1) is 20.2. The van der Waals surface area contributed by atoms with Crippen LogP contribution in [0.2, 0.25) is 0 Å². The fraction of sp³-hybridized carbons (Fsp3) is 0.429. The van der Waals surface area contributed by atoms with Gasteiger partial charge in [0.2, 0.25) is 0 Å². The van der Waals surface area contributed by atoms with Crippen molar-refractivity contribution in [1.82, 2.24) is 4.90 Å². The first-order valence-electron chi connectivity index (χ1n) is 8.82. The second-order valence-corrected chi connectivity index (χ2v) is 6.61. The molecule has 2 aromatic carbocycles. The summed E-state index contributed by atoms with van der Waals surface area (Å²) in [7, 11) is 1.95. The minimum absolute atomic E-state index is 0.0753. The molecule has 2 aromatic rings. The van der Waals surface area contributed by atoms with Gasteiger partial charge in [-0.05, 0) is 50.2 Å². The van der Waals surface area contributed by atoms with Crippen LogP contribution in [0.4, 0.5) is 4.39 Å². The number of rotatable bonds is 10. The smallest absolute Gasteiger partial charge is 0.123 e. The van der Waals surface area contributed by atoms with E-state index in [9.17, 15) is 9.50 Å². The molecule has 26 heavy (non-hydrogen) atoms. The average Bonchev–Trinajstić information content (AvgIpc) is 2.60. The zero-order valence-corrected chi connectivity index (χ0v) is 15.7. The first-order chi connectivity index (χ1) is 12.5. The van der Waals surface area contributed by atoms with Crippen LogP contribution in [0.15, 0.2) is 42.5 Å². The second kappa shape index (κ2) is 10.1. The maximum atomic E-state index is 12.1. The number of hydrogen-bond acceptors (Lipinski definition) is 4. The van der Waals surface area contributed by atoms with Crippen molar-refractivity contribution < 1.29 is 19.0 Å². The molecule has 4 nitrogen and oxygen atoms in total. The number of nitrogens with zero attached hydrogens (tertiary/aromatic N) is 1. The normalized spacial score (nSPS) is 12.2. The summed E-state index contributed by atoms with van der Waals surface area (Å²) in [4.78, 5) is 2.04. The number of aliphatic hydroxyl groups is 1. The van der Waals surface area contributed by atoms with Crippen LogP contribution in [-0.4, -0.2) is 49.6 Å². The molecule has 0 saturated heterocycles. The van der Waals surface area contributed by atoms with Crippen molar-refractivity contribution in [2.45, 2.75) is 26.5 Å². The van der Waals surface area contributed by atoms with E-state index in [0.717, 1.165) is 16.9 Å². The molecule has 2 rings (SSSR count). The van der Waals surface area contributed by atoms with Gasteiger partial charge < -0.3 is 14.6 Å². The van der Waals surface area contributed by atoms with Crippen LogP contribution in [0.3, 0.4) is 0 Å². The molecular formula is C21H28FNO3. The van der Waals surface area contributed by atoms with E-state index in [1.807, 2.05) is 62.2 Å². The van der Waals surface area contributed by atoms with E-state index in [1.165, 1.54) is 5.56 Å². The van der Waals surface area contributed by atoms with Crippen LogP contribution in [-0.2, 0) is 6.54 Å². The molecule has 0 unspecified atom stereocenters. The molecule has 0 aromatic heterocycles. The predicted molar refractivity (Wildman–Crippen MR) is 102 cm³/mol. The summed E-state index contributed by atoms with van der Waals surface area (Å²) in [6, 6.07) is 13.6. The first-order valence-corrected chi connectivity index (χ1v) is 8.82. The van der Waals surface area contributed by atoms with E-state index in [4.69, 9.17) is 9.47 Å². The lowest BCUT2D eigenvalue weighted by molar-refractivity contribution is 0.0741. The van der Waals surface area contributed by atoms with Crippen molar-refractivity contribution in [3.05, 3.63) is 59.2 Å². The Kier molecular flexibility index (Phi) is 7.88. The van der Waals surface area contributed by atoms with E-state index in [0.29, 0.717) is 18.8 Å². The molecule has 142 valence electrons. The van der Waals surface area contributed by atoms with Gasteiger partial charge in [-0.2, -0.15) is 0 Å². The number of alkyl halides is 1. The molecule has 0 aliphatic carbocycles. The van der Waals surface area contributed by atoms with Gasteiger partial charge in [-0.25, -0.2) is 4.39 Å². The standard InChI is InChI=1S/C21H28FNO3/c1-16-4-9-21(17(2)12-16)26-15-19(24)14-23(3)13-18-5-7-20(8-6-18)25-11-10-22/h4-9,12,19,24H,10-11,13-15H2,1-3H3/t19-/m0/s1. The summed E-state index contributed by atoms with van der Waals surface area (Å²) in [5, 5.41) is 10.2. The van der Waals surface area contributed by atoms with Crippen LogP contribution in [0.5, 0.6) is 11.5 Å². The minimum Gasteiger partial charge on any atom is -0.491 e. The monoisotopic (exact) mass is 361 g/mol. The minimum atomic E-state index is -0.576. The zero-order valence-electron chi connectivity index (χ0n) is 15.7. The summed E-state index contributed by atoms with van der Waals surface area (Å²) in [6.45, 7) is 5.08. The van der Waals surface area contributed by atoms with E-state index in [1.54, 1.807) is 0 Å². The van der Waals surface area contributed by atoms with Gasteiger partial charge in [0.25, 0.3) is 0 Å². The van der Waals surface area contributed by atoms with Gasteiger partial charge in [-0.1, -0.05) is 29.8 Å². The van der Waals surface area contributed by atoms with Gasteiger partial charge in [0, 0.05) is 13.1 Å². The second-order valence-electron chi connectivity index (χ2n) is 6.61. The van der Waals surface area contributed by atoms with Gasteiger partial charge in [-0.15, -0.1) is 0 Å². The number of hydrogen-bond donors (Lipinski definition) is 1. The third kappa shape index (κ3) is 6.65. The van der Waals surface area contributed by atoms with Crippen LogP contribution in [0.25, 0.3) is 0 Å². The molecule has 0 amide bonds. The molecule has 0 aliphatic rings. The Morgan fingerprint density at radius 1 is 1.08 bits per heavy atom. The number of aryl methyl sites for hydroxylation is 2. The van der Waals surface area contributed by atoms with E-state index in [-0.39, 0.29) is 13.2 Å². The molecule has 1 N–H and O–H groups in total. The number of benzene rings is 2. The molecule has 0 spiro atoms. The summed E-state index contributed by atoms with van der Waals surface area (Å²) in [5.74, 6) is 1.47. The summed E-state index contributed by atoms with van der Waals surface area (Å²) in [6.07, 6.45) is -0.576. The molecule has 0 bridgehead atoms. The number of aliphatic hydroxyl groups excluding tert-OH is 1. The van der Waals surface area contributed by atoms with Gasteiger partial charge in [0.1, 0.15) is 37.5 Å². The van der Waals surface area contributed by atoms with Gasteiger partial charge >= 0.3 is 0 Å².